The minimum absolute atomic E-state index is 0.721. The first-order valence-corrected chi connectivity index (χ1v) is 8.38. The van der Waals surface area contributed by atoms with Gasteiger partial charge in [-0.05, 0) is 49.4 Å². The van der Waals surface area contributed by atoms with E-state index in [2.05, 4.69) is 38.3 Å². The number of likely N-dealkylation sites (tertiary alicyclic amines) is 1. The van der Waals surface area contributed by atoms with E-state index in [1.165, 1.54) is 42.4 Å². The van der Waals surface area contributed by atoms with E-state index < -0.39 is 0 Å². The summed E-state index contributed by atoms with van der Waals surface area (Å²) >= 11 is 0. The van der Waals surface area contributed by atoms with Crippen molar-refractivity contribution >= 4 is 11.0 Å². The van der Waals surface area contributed by atoms with Crippen LogP contribution < -0.4 is 0 Å². The third kappa shape index (κ3) is 3.29. The predicted molar refractivity (Wildman–Crippen MR) is 91.0 cm³/mol. The van der Waals surface area contributed by atoms with E-state index in [9.17, 15) is 0 Å². The normalized spacial score (nSPS) is 19.4. The third-order valence-corrected chi connectivity index (χ3v) is 4.75. The van der Waals surface area contributed by atoms with E-state index in [-0.39, 0.29) is 0 Å². The lowest BCUT2D eigenvalue weighted by Gasteiger charge is -2.32. The molecule has 0 aromatic carbocycles. The van der Waals surface area contributed by atoms with Crippen molar-refractivity contribution in [3.8, 4) is 0 Å². The number of piperidine rings is 1. The van der Waals surface area contributed by atoms with Crippen LogP contribution in [0.15, 0.2) is 36.9 Å². The summed E-state index contributed by atoms with van der Waals surface area (Å²) in [6, 6.07) is 4.38. The first kappa shape index (κ1) is 14.5. The molecule has 0 spiro atoms. The first-order valence-electron chi connectivity index (χ1n) is 8.38. The standard InChI is InChI=1S/C18H23N5/c1-22-11-16(10-21-22)13-23-6-2-3-14(12-23)7-15-8-17-4-5-19-18(17)20-9-15/h4-5,8-11,14H,2-3,6-7,12-13H2,1H3,(H,19,20)/t14-/m0/s1. The number of rotatable bonds is 4. The zero-order chi connectivity index (χ0) is 15.6. The number of pyridine rings is 1. The van der Waals surface area contributed by atoms with E-state index in [1.54, 1.807) is 0 Å². The average molecular weight is 309 g/mol. The van der Waals surface area contributed by atoms with Crippen LogP contribution in [-0.4, -0.2) is 37.7 Å². The minimum Gasteiger partial charge on any atom is -0.346 e. The molecule has 0 unspecified atom stereocenters. The molecule has 0 radical (unpaired) electrons. The Labute approximate surface area is 136 Å². The van der Waals surface area contributed by atoms with Crippen molar-refractivity contribution in [3.63, 3.8) is 0 Å². The number of aryl methyl sites for hydroxylation is 1. The molecule has 3 aromatic rings. The molecule has 1 atom stereocenters. The summed E-state index contributed by atoms with van der Waals surface area (Å²) in [5.74, 6) is 0.721. The Morgan fingerprint density at radius 1 is 1.30 bits per heavy atom. The molecule has 1 saturated heterocycles. The maximum atomic E-state index is 4.52. The molecule has 0 aliphatic carbocycles. The zero-order valence-electron chi connectivity index (χ0n) is 13.6. The van der Waals surface area contributed by atoms with Crippen LogP contribution in [0.5, 0.6) is 0 Å². The molecule has 5 heteroatoms. The quantitative estimate of drug-likeness (QED) is 0.806. The summed E-state index contributed by atoms with van der Waals surface area (Å²) in [5.41, 5.74) is 3.64. The third-order valence-electron chi connectivity index (χ3n) is 4.75. The van der Waals surface area contributed by atoms with Gasteiger partial charge >= 0.3 is 0 Å². The largest absolute Gasteiger partial charge is 0.346 e. The number of nitrogens with zero attached hydrogens (tertiary/aromatic N) is 4. The molecule has 1 fully saturated rings. The molecule has 0 amide bonds. The molecule has 1 N–H and O–H groups in total. The highest BCUT2D eigenvalue weighted by Gasteiger charge is 2.20. The predicted octanol–water partition coefficient (Wildman–Crippen LogP) is 2.75. The van der Waals surface area contributed by atoms with Crippen molar-refractivity contribution in [1.29, 1.82) is 0 Å². The molecule has 1 aliphatic heterocycles. The number of aromatic nitrogens is 4. The second-order valence-electron chi connectivity index (χ2n) is 6.73. The van der Waals surface area contributed by atoms with Crippen molar-refractivity contribution in [2.45, 2.75) is 25.8 Å². The Hall–Kier alpha value is -2.14. The van der Waals surface area contributed by atoms with E-state index in [4.69, 9.17) is 0 Å². The lowest BCUT2D eigenvalue weighted by Crippen LogP contribution is -2.35. The molecule has 23 heavy (non-hydrogen) atoms. The van der Waals surface area contributed by atoms with Gasteiger partial charge in [0.25, 0.3) is 0 Å². The fraction of sp³-hybridized carbons (Fsp3) is 0.444. The molecular weight excluding hydrogens is 286 g/mol. The molecule has 3 aromatic heterocycles. The highest BCUT2D eigenvalue weighted by Crippen LogP contribution is 2.23. The molecular formula is C18H23N5. The number of hydrogen-bond donors (Lipinski definition) is 1. The van der Waals surface area contributed by atoms with Gasteiger partial charge in [0.15, 0.2) is 0 Å². The maximum absolute atomic E-state index is 4.52. The van der Waals surface area contributed by atoms with E-state index in [1.807, 2.05) is 30.3 Å². The number of aromatic amines is 1. The fourth-order valence-corrected chi connectivity index (χ4v) is 3.70. The van der Waals surface area contributed by atoms with Crippen LogP contribution in [0.4, 0.5) is 0 Å². The number of H-pyrrole nitrogens is 1. The van der Waals surface area contributed by atoms with Crippen LogP contribution >= 0.6 is 0 Å². The summed E-state index contributed by atoms with van der Waals surface area (Å²) in [7, 11) is 1.98. The highest BCUT2D eigenvalue weighted by molar-refractivity contribution is 5.75. The summed E-state index contributed by atoms with van der Waals surface area (Å²) < 4.78 is 1.88. The van der Waals surface area contributed by atoms with Crippen molar-refractivity contribution < 1.29 is 0 Å². The average Bonchev–Trinajstić information content (AvgIpc) is 3.16. The number of nitrogens with one attached hydrogen (secondary N) is 1. The molecule has 4 heterocycles. The van der Waals surface area contributed by atoms with Gasteiger partial charge in [0.1, 0.15) is 5.65 Å². The lowest BCUT2D eigenvalue weighted by molar-refractivity contribution is 0.167. The van der Waals surface area contributed by atoms with E-state index in [0.29, 0.717) is 0 Å². The van der Waals surface area contributed by atoms with Crippen LogP contribution in [0.1, 0.15) is 24.0 Å². The van der Waals surface area contributed by atoms with Gasteiger partial charge in [-0.2, -0.15) is 5.10 Å². The van der Waals surface area contributed by atoms with Gasteiger partial charge in [-0.3, -0.25) is 9.58 Å². The Morgan fingerprint density at radius 2 is 2.26 bits per heavy atom. The smallest absolute Gasteiger partial charge is 0.137 e. The van der Waals surface area contributed by atoms with Gasteiger partial charge in [-0.15, -0.1) is 0 Å². The second kappa shape index (κ2) is 6.16. The highest BCUT2D eigenvalue weighted by atomic mass is 15.2. The van der Waals surface area contributed by atoms with Crippen molar-refractivity contribution in [1.82, 2.24) is 24.6 Å². The second-order valence-corrected chi connectivity index (χ2v) is 6.73. The minimum atomic E-state index is 0.721. The van der Waals surface area contributed by atoms with Gasteiger partial charge in [-0.25, -0.2) is 4.98 Å². The first-order chi connectivity index (χ1) is 11.3. The van der Waals surface area contributed by atoms with Crippen molar-refractivity contribution in [3.05, 3.63) is 48.0 Å². The Bertz CT molecular complexity index is 787. The Kier molecular flexibility index (Phi) is 3.87. The van der Waals surface area contributed by atoms with Gasteiger partial charge < -0.3 is 4.98 Å². The van der Waals surface area contributed by atoms with Crippen LogP contribution in [0.3, 0.4) is 0 Å². The van der Waals surface area contributed by atoms with Gasteiger partial charge in [-0.1, -0.05) is 0 Å². The van der Waals surface area contributed by atoms with Crippen LogP contribution in [0, 0.1) is 5.92 Å². The fourth-order valence-electron chi connectivity index (χ4n) is 3.70. The molecule has 0 bridgehead atoms. The summed E-state index contributed by atoms with van der Waals surface area (Å²) in [6.07, 6.45) is 11.8. The molecule has 0 saturated carbocycles. The van der Waals surface area contributed by atoms with Crippen molar-refractivity contribution in [2.24, 2.45) is 13.0 Å². The topological polar surface area (TPSA) is 49.7 Å². The zero-order valence-corrected chi connectivity index (χ0v) is 13.6. The van der Waals surface area contributed by atoms with Crippen LogP contribution in [0.25, 0.3) is 11.0 Å². The van der Waals surface area contributed by atoms with Gasteiger partial charge in [0.2, 0.25) is 0 Å². The Balaban J connectivity index is 1.40. The van der Waals surface area contributed by atoms with E-state index in [0.717, 1.165) is 24.5 Å². The Morgan fingerprint density at radius 3 is 3.13 bits per heavy atom. The molecule has 1 aliphatic rings. The maximum Gasteiger partial charge on any atom is 0.137 e. The van der Waals surface area contributed by atoms with Crippen LogP contribution in [0.2, 0.25) is 0 Å². The van der Waals surface area contributed by atoms with Crippen LogP contribution in [-0.2, 0) is 20.0 Å². The van der Waals surface area contributed by atoms with E-state index >= 15 is 0 Å². The molecule has 120 valence electrons. The summed E-state index contributed by atoms with van der Waals surface area (Å²) in [6.45, 7) is 3.37. The number of fused-ring (bicyclic) bond motifs is 1. The number of hydrogen-bond acceptors (Lipinski definition) is 3. The summed E-state index contributed by atoms with van der Waals surface area (Å²) in [4.78, 5) is 10.2. The molecule has 5 nitrogen and oxygen atoms in total. The summed E-state index contributed by atoms with van der Waals surface area (Å²) in [5, 5.41) is 5.48. The molecule has 4 rings (SSSR count). The monoisotopic (exact) mass is 309 g/mol. The van der Waals surface area contributed by atoms with Gasteiger partial charge in [0, 0.05) is 49.7 Å². The lowest BCUT2D eigenvalue weighted by atomic mass is 9.91. The SMILES string of the molecule is Cn1cc(CN2CCC[C@@H](Cc3cnc4[nH]ccc4c3)C2)cn1. The van der Waals surface area contributed by atoms with Crippen molar-refractivity contribution in [2.75, 3.05) is 13.1 Å². The van der Waals surface area contributed by atoms with Gasteiger partial charge in [0.05, 0.1) is 6.20 Å².